The summed E-state index contributed by atoms with van der Waals surface area (Å²) in [6, 6.07) is 17.8. The minimum atomic E-state index is -0.770. The van der Waals surface area contributed by atoms with Crippen molar-refractivity contribution >= 4 is 50.9 Å². The molecule has 0 fully saturated rings. The van der Waals surface area contributed by atoms with E-state index in [-0.39, 0.29) is 11.5 Å². The van der Waals surface area contributed by atoms with Crippen LogP contribution in [-0.2, 0) is 11.4 Å². The summed E-state index contributed by atoms with van der Waals surface area (Å²) < 4.78 is 20.1. The number of hydrogen-bond acceptors (Lipinski definition) is 7. The highest BCUT2D eigenvalue weighted by Gasteiger charge is 2.36. The highest BCUT2D eigenvalue weighted by molar-refractivity contribution is 9.10. The van der Waals surface area contributed by atoms with Crippen LogP contribution >= 0.6 is 38.9 Å². The van der Waals surface area contributed by atoms with Crippen LogP contribution in [0.15, 0.2) is 86.2 Å². The second-order valence-corrected chi connectivity index (χ2v) is 12.5. The molecule has 5 rings (SSSR count). The van der Waals surface area contributed by atoms with E-state index in [0.717, 1.165) is 15.6 Å². The Morgan fingerprint density at radius 1 is 1.07 bits per heavy atom. The Morgan fingerprint density at radius 2 is 1.80 bits per heavy atom. The number of methoxy groups -OCH3 is 2. The quantitative estimate of drug-likeness (QED) is 0.198. The van der Waals surface area contributed by atoms with Crippen molar-refractivity contribution in [3.63, 3.8) is 0 Å². The van der Waals surface area contributed by atoms with Crippen LogP contribution in [0.3, 0.4) is 0 Å². The molecule has 0 spiro atoms. The van der Waals surface area contributed by atoms with Gasteiger partial charge >= 0.3 is 0 Å². The summed E-state index contributed by atoms with van der Waals surface area (Å²) in [5, 5.41) is 0.641. The zero-order valence-electron chi connectivity index (χ0n) is 25.6. The van der Waals surface area contributed by atoms with Gasteiger partial charge in [-0.05, 0) is 84.7 Å². The van der Waals surface area contributed by atoms with Crippen LogP contribution in [0.2, 0.25) is 5.02 Å². The molecular weight excluding hydrogens is 678 g/mol. The Labute approximate surface area is 279 Å². The molecule has 8 nitrogen and oxygen atoms in total. The number of likely N-dealkylation sites (N-methyl/N-ethyl adjacent to an activating group) is 1. The van der Waals surface area contributed by atoms with Crippen molar-refractivity contribution < 1.29 is 19.0 Å². The minimum absolute atomic E-state index is 0.179. The van der Waals surface area contributed by atoms with Crippen molar-refractivity contribution in [1.82, 2.24) is 9.47 Å². The van der Waals surface area contributed by atoms with Gasteiger partial charge in [-0.3, -0.25) is 14.2 Å². The second kappa shape index (κ2) is 14.1. The van der Waals surface area contributed by atoms with Crippen molar-refractivity contribution in [3.05, 3.63) is 118 Å². The number of benzene rings is 3. The monoisotopic (exact) mass is 709 g/mol. The highest BCUT2D eigenvalue weighted by atomic mass is 79.9. The fourth-order valence-electron chi connectivity index (χ4n) is 5.27. The highest BCUT2D eigenvalue weighted by Crippen LogP contribution is 2.38. The van der Waals surface area contributed by atoms with Crippen molar-refractivity contribution in [2.45, 2.75) is 33.4 Å². The number of hydrogen-bond donors (Lipinski definition) is 0. The summed E-state index contributed by atoms with van der Waals surface area (Å²) in [7, 11) is 3.14. The Kier molecular flexibility index (Phi) is 10.2. The third-order valence-corrected chi connectivity index (χ3v) is 9.60. The zero-order valence-corrected chi connectivity index (χ0v) is 28.8. The molecule has 0 saturated carbocycles. The molecule has 0 unspecified atom stereocenters. The van der Waals surface area contributed by atoms with Gasteiger partial charge in [-0.15, -0.1) is 0 Å². The van der Waals surface area contributed by atoms with E-state index in [4.69, 9.17) is 30.8 Å². The first-order valence-corrected chi connectivity index (χ1v) is 16.4. The van der Waals surface area contributed by atoms with Crippen LogP contribution in [0, 0.1) is 0 Å². The molecule has 11 heteroatoms. The molecule has 1 aliphatic rings. The standard InChI is InChI=1S/C34H33BrClN3O5S/c1-6-38(7-2)33(41)30-20(3)37-34-39(31(30)24-18-23(42-4)13-15-27(24)43-5)32(40)29(45-34)17-21-12-14-28(25(35)16-21)44-19-22-10-8-9-11-26(22)36/h8-18,31H,6-7,19H2,1-5H3/b29-17+/t31-/m0/s1. The van der Waals surface area contributed by atoms with Crippen LogP contribution in [-0.4, -0.2) is 42.7 Å². The average molecular weight is 711 g/mol. The topological polar surface area (TPSA) is 82.4 Å². The molecule has 1 aromatic heterocycles. The second-order valence-electron chi connectivity index (χ2n) is 10.2. The Morgan fingerprint density at radius 3 is 2.47 bits per heavy atom. The summed E-state index contributed by atoms with van der Waals surface area (Å²) in [6.45, 7) is 7.03. The van der Waals surface area contributed by atoms with Gasteiger partial charge in [0.15, 0.2) is 4.80 Å². The predicted octanol–water partition coefficient (Wildman–Crippen LogP) is 6.12. The number of carbonyl (C=O) groups is 1. The molecule has 1 aliphatic heterocycles. The average Bonchev–Trinajstić information content (AvgIpc) is 3.34. The van der Waals surface area contributed by atoms with Gasteiger partial charge in [0.2, 0.25) is 0 Å². The first-order valence-electron chi connectivity index (χ1n) is 14.4. The molecule has 1 amide bonds. The summed E-state index contributed by atoms with van der Waals surface area (Å²) in [5.41, 5.74) is 3.03. The lowest BCUT2D eigenvalue weighted by Gasteiger charge is -2.30. The number of ether oxygens (including phenoxy) is 3. The first-order chi connectivity index (χ1) is 21.7. The number of nitrogens with zero attached hydrogens (tertiary/aromatic N) is 3. The summed E-state index contributed by atoms with van der Waals surface area (Å²) in [4.78, 5) is 35.1. The Hall–Kier alpha value is -3.86. The van der Waals surface area contributed by atoms with E-state index in [2.05, 4.69) is 15.9 Å². The van der Waals surface area contributed by atoms with E-state index in [9.17, 15) is 9.59 Å². The SMILES string of the molecule is CCN(CC)C(=O)C1=C(C)N=c2s/c(=C/c3ccc(OCc4ccccc4Cl)c(Br)c3)c(=O)n2[C@H]1c1cc(OC)ccc1OC. The molecule has 3 aromatic carbocycles. The number of carbonyl (C=O) groups excluding carboxylic acids is 1. The van der Waals surface area contributed by atoms with Crippen LogP contribution in [0.1, 0.15) is 43.5 Å². The molecule has 4 aromatic rings. The molecule has 234 valence electrons. The molecule has 0 N–H and O–H groups in total. The van der Waals surface area contributed by atoms with Crippen molar-refractivity contribution in [3.8, 4) is 17.2 Å². The molecule has 0 saturated heterocycles. The maximum absolute atomic E-state index is 14.2. The predicted molar refractivity (Wildman–Crippen MR) is 181 cm³/mol. The minimum Gasteiger partial charge on any atom is -0.497 e. The molecular formula is C34H33BrClN3O5S. The Bertz CT molecular complexity index is 1960. The number of fused-ring (bicyclic) bond motifs is 1. The van der Waals surface area contributed by atoms with Gasteiger partial charge in [-0.2, -0.15) is 0 Å². The maximum Gasteiger partial charge on any atom is 0.271 e. The van der Waals surface area contributed by atoms with E-state index in [0.29, 0.717) is 68.1 Å². The zero-order chi connectivity index (χ0) is 32.2. The van der Waals surface area contributed by atoms with Crippen LogP contribution in [0.5, 0.6) is 17.2 Å². The van der Waals surface area contributed by atoms with Crippen molar-refractivity contribution in [1.29, 1.82) is 0 Å². The largest absolute Gasteiger partial charge is 0.497 e. The third kappa shape index (κ3) is 6.59. The molecule has 45 heavy (non-hydrogen) atoms. The lowest BCUT2D eigenvalue weighted by atomic mass is 9.93. The van der Waals surface area contributed by atoms with E-state index in [1.165, 1.54) is 11.3 Å². The van der Waals surface area contributed by atoms with Gasteiger partial charge in [0.1, 0.15) is 29.9 Å². The Balaban J connectivity index is 1.60. The normalized spacial score (nSPS) is 14.6. The lowest BCUT2D eigenvalue weighted by molar-refractivity contribution is -0.127. The smallest absolute Gasteiger partial charge is 0.271 e. The number of amides is 1. The fraction of sp³-hybridized carbons (Fsp3) is 0.265. The fourth-order valence-corrected chi connectivity index (χ4v) is 7.02. The first kappa shape index (κ1) is 32.5. The third-order valence-electron chi connectivity index (χ3n) is 7.63. The summed E-state index contributed by atoms with van der Waals surface area (Å²) in [5.74, 6) is 1.58. The lowest BCUT2D eigenvalue weighted by Crippen LogP contribution is -2.43. The van der Waals surface area contributed by atoms with Crippen molar-refractivity contribution in [2.24, 2.45) is 4.99 Å². The van der Waals surface area contributed by atoms with Gasteiger partial charge in [0.05, 0.1) is 34.5 Å². The van der Waals surface area contributed by atoms with Gasteiger partial charge in [0, 0.05) is 29.2 Å². The van der Waals surface area contributed by atoms with E-state index in [1.807, 2.05) is 75.4 Å². The number of thiazole rings is 1. The molecule has 0 radical (unpaired) electrons. The van der Waals surface area contributed by atoms with Gasteiger partial charge in [0.25, 0.3) is 11.5 Å². The number of allylic oxidation sites excluding steroid dienone is 1. The van der Waals surface area contributed by atoms with Crippen LogP contribution in [0.25, 0.3) is 6.08 Å². The number of halogens is 2. The number of rotatable bonds is 10. The van der Waals surface area contributed by atoms with Crippen molar-refractivity contribution in [2.75, 3.05) is 27.3 Å². The van der Waals surface area contributed by atoms with Crippen LogP contribution in [0.4, 0.5) is 0 Å². The maximum atomic E-state index is 14.2. The molecule has 1 atom stereocenters. The van der Waals surface area contributed by atoms with E-state index in [1.54, 1.807) is 35.8 Å². The molecule has 0 aliphatic carbocycles. The molecule has 0 bridgehead atoms. The van der Waals surface area contributed by atoms with Crippen LogP contribution < -0.4 is 29.1 Å². The summed E-state index contributed by atoms with van der Waals surface area (Å²) >= 11 is 11.2. The molecule has 2 heterocycles. The van der Waals surface area contributed by atoms with E-state index < -0.39 is 6.04 Å². The van der Waals surface area contributed by atoms with Gasteiger partial charge in [-0.25, -0.2) is 4.99 Å². The summed E-state index contributed by atoms with van der Waals surface area (Å²) in [6.07, 6.45) is 1.82. The van der Waals surface area contributed by atoms with Gasteiger partial charge < -0.3 is 19.1 Å². The number of aromatic nitrogens is 1. The van der Waals surface area contributed by atoms with E-state index >= 15 is 0 Å². The van der Waals surface area contributed by atoms with Gasteiger partial charge in [-0.1, -0.05) is 47.2 Å².